The van der Waals surface area contributed by atoms with Gasteiger partial charge in [0.25, 0.3) is 0 Å². The molecule has 1 rings (SSSR count). The van der Waals surface area contributed by atoms with Crippen LogP contribution in [0.1, 0.15) is 0 Å². The number of ether oxygens (including phenoxy) is 1. The minimum atomic E-state index is -1.70. The molecule has 10 heavy (non-hydrogen) atoms. The fraction of sp³-hybridized carbons (Fsp3) is 1.00. The number of hydrogen-bond acceptors (Lipinski definition) is 5. The first-order valence-corrected chi connectivity index (χ1v) is 2.91. The molecule has 1 aliphatic rings. The van der Waals surface area contributed by atoms with Crippen LogP contribution in [0, 0.1) is 0 Å². The molecule has 0 amide bonds. The Hall–Kier alpha value is -0.200. The highest BCUT2D eigenvalue weighted by Gasteiger charge is 2.46. The smallest absolute Gasteiger partial charge is 0.184 e. The van der Waals surface area contributed by atoms with E-state index >= 15 is 0 Å². The van der Waals surface area contributed by atoms with Crippen LogP contribution in [0.15, 0.2) is 0 Å². The van der Waals surface area contributed by atoms with E-state index in [2.05, 4.69) is 4.74 Å². The molecule has 1 heterocycles. The quantitative estimate of drug-likeness (QED) is 0.329. The van der Waals surface area contributed by atoms with E-state index in [1.165, 1.54) is 0 Å². The highest BCUT2D eigenvalue weighted by molar-refractivity contribution is 4.92. The molecule has 60 valence electrons. The zero-order valence-corrected chi connectivity index (χ0v) is 5.27. The van der Waals surface area contributed by atoms with Crippen LogP contribution in [0.25, 0.3) is 0 Å². The molecule has 3 atom stereocenters. The first-order chi connectivity index (χ1) is 4.60. The van der Waals surface area contributed by atoms with E-state index in [-0.39, 0.29) is 6.61 Å². The van der Waals surface area contributed by atoms with Gasteiger partial charge in [0.2, 0.25) is 0 Å². The van der Waals surface area contributed by atoms with Gasteiger partial charge in [-0.15, -0.1) is 0 Å². The van der Waals surface area contributed by atoms with Gasteiger partial charge in [0.05, 0.1) is 13.2 Å². The lowest BCUT2D eigenvalue weighted by Gasteiger charge is -2.21. The molecule has 0 saturated carbocycles. The number of hydrogen-bond donors (Lipinski definition) is 4. The summed E-state index contributed by atoms with van der Waals surface area (Å²) in [6.45, 7) is -0.864. The van der Waals surface area contributed by atoms with Gasteiger partial charge >= 0.3 is 0 Å². The standard InChI is InChI=1S/C5H10O5/c6-1-5(9)2-10-4(8)3(5)7/h3-4,6-9H,1-2H2/t3-,4-,5?/m1/s1. The van der Waals surface area contributed by atoms with Crippen molar-refractivity contribution in [2.45, 2.75) is 18.0 Å². The summed E-state index contributed by atoms with van der Waals surface area (Å²) in [6.07, 6.45) is -2.81. The first-order valence-electron chi connectivity index (χ1n) is 2.91. The average Bonchev–Trinajstić information content (AvgIpc) is 2.19. The number of rotatable bonds is 1. The second-order valence-electron chi connectivity index (χ2n) is 2.41. The Bertz CT molecular complexity index is 127. The Kier molecular flexibility index (Phi) is 1.93. The SMILES string of the molecule is OCC1(O)CO[C@@H](O)[C@H]1O. The molecule has 0 aromatic heterocycles. The summed E-state index contributed by atoms with van der Waals surface area (Å²) in [5.41, 5.74) is -1.70. The summed E-state index contributed by atoms with van der Waals surface area (Å²) in [4.78, 5) is 0. The molecule has 4 N–H and O–H groups in total. The topological polar surface area (TPSA) is 90.2 Å². The molecule has 1 unspecified atom stereocenters. The van der Waals surface area contributed by atoms with Crippen molar-refractivity contribution >= 4 is 0 Å². The van der Waals surface area contributed by atoms with E-state index in [0.29, 0.717) is 0 Å². The first kappa shape index (κ1) is 7.90. The van der Waals surface area contributed by atoms with Crippen molar-refractivity contribution in [1.82, 2.24) is 0 Å². The van der Waals surface area contributed by atoms with Crippen LogP contribution in [0.4, 0.5) is 0 Å². The van der Waals surface area contributed by atoms with Crippen LogP contribution in [-0.2, 0) is 4.74 Å². The minimum absolute atomic E-state index is 0.244. The predicted molar refractivity (Wildman–Crippen MR) is 30.0 cm³/mol. The van der Waals surface area contributed by atoms with Gasteiger partial charge in [-0.3, -0.25) is 0 Å². The molecule has 1 saturated heterocycles. The maximum absolute atomic E-state index is 9.15. The lowest BCUT2D eigenvalue weighted by atomic mass is 10.0. The second-order valence-corrected chi connectivity index (χ2v) is 2.41. The van der Waals surface area contributed by atoms with Crippen molar-refractivity contribution in [1.29, 1.82) is 0 Å². The Morgan fingerprint density at radius 2 is 2.10 bits per heavy atom. The minimum Gasteiger partial charge on any atom is -0.393 e. The molecule has 0 aliphatic carbocycles. The Morgan fingerprint density at radius 1 is 1.50 bits per heavy atom. The van der Waals surface area contributed by atoms with Gasteiger partial charge in [-0.25, -0.2) is 0 Å². The van der Waals surface area contributed by atoms with E-state index in [4.69, 9.17) is 20.4 Å². The van der Waals surface area contributed by atoms with E-state index in [1.807, 2.05) is 0 Å². The van der Waals surface area contributed by atoms with Crippen LogP contribution < -0.4 is 0 Å². The van der Waals surface area contributed by atoms with Gasteiger partial charge in [0.1, 0.15) is 11.7 Å². The Labute approximate surface area is 57.5 Å². The van der Waals surface area contributed by atoms with Crippen molar-refractivity contribution in [3.63, 3.8) is 0 Å². The third kappa shape index (κ3) is 1.02. The molecule has 1 aliphatic heterocycles. The fourth-order valence-corrected chi connectivity index (χ4v) is 0.811. The third-order valence-corrected chi connectivity index (χ3v) is 1.60. The summed E-state index contributed by atoms with van der Waals surface area (Å²) < 4.78 is 4.47. The number of aliphatic hydroxyl groups excluding tert-OH is 3. The molecule has 0 radical (unpaired) electrons. The van der Waals surface area contributed by atoms with Crippen molar-refractivity contribution in [3.05, 3.63) is 0 Å². The third-order valence-electron chi connectivity index (χ3n) is 1.60. The van der Waals surface area contributed by atoms with Gasteiger partial charge in [-0.1, -0.05) is 0 Å². The molecule has 0 aromatic rings. The van der Waals surface area contributed by atoms with Gasteiger partial charge in [-0.2, -0.15) is 0 Å². The monoisotopic (exact) mass is 150 g/mol. The Balaban J connectivity index is 2.64. The Morgan fingerprint density at radius 3 is 2.30 bits per heavy atom. The summed E-state index contributed by atoms with van der Waals surface area (Å²) in [5, 5.41) is 35.3. The van der Waals surface area contributed by atoms with Crippen LogP contribution in [0.5, 0.6) is 0 Å². The highest BCUT2D eigenvalue weighted by Crippen LogP contribution is 2.22. The maximum atomic E-state index is 9.15. The molecule has 1 fully saturated rings. The fourth-order valence-electron chi connectivity index (χ4n) is 0.811. The number of aliphatic hydroxyl groups is 4. The van der Waals surface area contributed by atoms with Gasteiger partial charge in [-0.05, 0) is 0 Å². The second kappa shape index (κ2) is 2.44. The maximum Gasteiger partial charge on any atom is 0.184 e. The average molecular weight is 150 g/mol. The summed E-state index contributed by atoms with van der Waals surface area (Å²) in [7, 11) is 0. The van der Waals surface area contributed by atoms with E-state index in [0.717, 1.165) is 0 Å². The zero-order chi connectivity index (χ0) is 7.78. The summed E-state index contributed by atoms with van der Waals surface area (Å²) in [5.74, 6) is 0. The molecule has 0 bridgehead atoms. The van der Waals surface area contributed by atoms with Gasteiger partial charge < -0.3 is 25.2 Å². The van der Waals surface area contributed by atoms with E-state index < -0.39 is 24.6 Å². The van der Waals surface area contributed by atoms with Crippen molar-refractivity contribution in [2.75, 3.05) is 13.2 Å². The van der Waals surface area contributed by atoms with Crippen LogP contribution >= 0.6 is 0 Å². The van der Waals surface area contributed by atoms with Crippen LogP contribution in [-0.4, -0.2) is 51.6 Å². The molecular weight excluding hydrogens is 140 g/mol. The molecular formula is C5H10O5. The van der Waals surface area contributed by atoms with Gasteiger partial charge in [0.15, 0.2) is 6.29 Å². The normalized spacial score (nSPS) is 48.0. The lowest BCUT2D eigenvalue weighted by molar-refractivity contribution is -0.128. The van der Waals surface area contributed by atoms with Crippen molar-refractivity contribution < 1.29 is 25.2 Å². The van der Waals surface area contributed by atoms with Crippen LogP contribution in [0.2, 0.25) is 0 Å². The summed E-state index contributed by atoms with van der Waals surface area (Å²) >= 11 is 0. The van der Waals surface area contributed by atoms with Crippen molar-refractivity contribution in [2.24, 2.45) is 0 Å². The zero-order valence-electron chi connectivity index (χ0n) is 5.27. The molecule has 5 heteroatoms. The lowest BCUT2D eigenvalue weighted by Crippen LogP contribution is -2.46. The van der Waals surface area contributed by atoms with E-state index in [9.17, 15) is 0 Å². The largest absolute Gasteiger partial charge is 0.393 e. The summed E-state index contributed by atoms with van der Waals surface area (Å²) in [6, 6.07) is 0. The van der Waals surface area contributed by atoms with E-state index in [1.54, 1.807) is 0 Å². The molecule has 0 aromatic carbocycles. The van der Waals surface area contributed by atoms with Crippen molar-refractivity contribution in [3.8, 4) is 0 Å². The molecule has 5 nitrogen and oxygen atoms in total. The van der Waals surface area contributed by atoms with Gasteiger partial charge in [0, 0.05) is 0 Å². The highest BCUT2D eigenvalue weighted by atomic mass is 16.6. The predicted octanol–water partition coefficient (Wildman–Crippen LogP) is -2.58. The molecule has 0 spiro atoms. The van der Waals surface area contributed by atoms with Crippen LogP contribution in [0.3, 0.4) is 0 Å².